The number of pyridine rings is 1. The van der Waals surface area contributed by atoms with Gasteiger partial charge in [-0.15, -0.1) is 0 Å². The number of halogens is 2. The van der Waals surface area contributed by atoms with Crippen molar-refractivity contribution >= 4 is 20.6 Å². The molecule has 0 spiro atoms. The van der Waals surface area contributed by atoms with E-state index < -0.39 is 21.5 Å². The van der Waals surface area contributed by atoms with Gasteiger partial charge in [-0.1, -0.05) is 24.8 Å². The molecule has 0 fully saturated rings. The Kier molecular flexibility index (Phi) is 5.40. The Morgan fingerprint density at radius 3 is 2.31 bits per heavy atom. The molecule has 0 saturated heterocycles. The minimum Gasteiger partial charge on any atom is -0.454 e. The van der Waals surface area contributed by atoms with Gasteiger partial charge in [0.25, 0.3) is 5.56 Å². The molecule has 0 bridgehead atoms. The van der Waals surface area contributed by atoms with Gasteiger partial charge in [-0.25, -0.2) is 17.2 Å². The van der Waals surface area contributed by atoms with E-state index >= 15 is 0 Å². The second kappa shape index (κ2) is 8.05. The summed E-state index contributed by atoms with van der Waals surface area (Å²) in [6, 6.07) is 13.8. The zero-order valence-corrected chi connectivity index (χ0v) is 17.7. The minimum absolute atomic E-state index is 0.0487. The summed E-state index contributed by atoms with van der Waals surface area (Å²) in [5.41, 5.74) is 0.580. The number of hydrogen-bond acceptors (Lipinski definition) is 4. The first-order valence-corrected chi connectivity index (χ1v) is 11.0. The van der Waals surface area contributed by atoms with Gasteiger partial charge in [-0.3, -0.25) is 4.79 Å². The molecule has 162 valence electrons. The van der Waals surface area contributed by atoms with Gasteiger partial charge in [0.05, 0.1) is 4.90 Å². The van der Waals surface area contributed by atoms with E-state index in [0.717, 1.165) is 17.5 Å². The van der Waals surface area contributed by atoms with Gasteiger partial charge < -0.3 is 9.30 Å². The van der Waals surface area contributed by atoms with Crippen molar-refractivity contribution in [3.05, 3.63) is 101 Å². The minimum atomic E-state index is -3.79. The molecular formula is C24H17F2NO4S. The first-order valence-electron chi connectivity index (χ1n) is 9.44. The molecule has 0 amide bonds. The van der Waals surface area contributed by atoms with E-state index in [0.29, 0.717) is 28.0 Å². The monoisotopic (exact) mass is 453 g/mol. The van der Waals surface area contributed by atoms with Crippen LogP contribution in [-0.2, 0) is 16.9 Å². The zero-order chi connectivity index (χ0) is 23.0. The molecule has 1 heterocycles. The van der Waals surface area contributed by atoms with E-state index in [1.54, 1.807) is 37.5 Å². The van der Waals surface area contributed by atoms with Gasteiger partial charge in [-0.2, -0.15) is 0 Å². The summed E-state index contributed by atoms with van der Waals surface area (Å²) in [7, 11) is -2.22. The molecule has 0 N–H and O–H groups in total. The van der Waals surface area contributed by atoms with Crippen LogP contribution >= 0.6 is 0 Å². The topological polar surface area (TPSA) is 65.4 Å². The molecule has 0 aliphatic rings. The number of aromatic nitrogens is 1. The lowest BCUT2D eigenvalue weighted by Crippen LogP contribution is -2.16. The maximum atomic E-state index is 14.2. The van der Waals surface area contributed by atoms with E-state index in [2.05, 4.69) is 6.58 Å². The number of sulfone groups is 1. The fourth-order valence-electron chi connectivity index (χ4n) is 3.39. The van der Waals surface area contributed by atoms with Crippen molar-refractivity contribution in [2.45, 2.75) is 4.90 Å². The van der Waals surface area contributed by atoms with Crippen LogP contribution in [0.5, 0.6) is 11.5 Å². The zero-order valence-electron chi connectivity index (χ0n) is 16.9. The molecule has 0 aliphatic carbocycles. The summed E-state index contributed by atoms with van der Waals surface area (Å²) in [4.78, 5) is 12.5. The van der Waals surface area contributed by atoms with Crippen LogP contribution in [0.1, 0.15) is 0 Å². The molecule has 4 rings (SSSR count). The Hall–Kier alpha value is -3.78. The van der Waals surface area contributed by atoms with Gasteiger partial charge in [0, 0.05) is 41.2 Å². The molecule has 8 heteroatoms. The van der Waals surface area contributed by atoms with E-state index in [-0.39, 0.29) is 22.0 Å². The number of nitrogens with zero attached hydrogens (tertiary/aromatic N) is 1. The number of aryl methyl sites for hydroxylation is 1. The number of benzene rings is 3. The van der Waals surface area contributed by atoms with Gasteiger partial charge in [0.1, 0.15) is 11.6 Å². The largest absolute Gasteiger partial charge is 0.454 e. The van der Waals surface area contributed by atoms with E-state index in [1.807, 2.05) is 0 Å². The lowest BCUT2D eigenvalue weighted by molar-refractivity contribution is 0.438. The van der Waals surface area contributed by atoms with Gasteiger partial charge in [0.15, 0.2) is 21.4 Å². The number of rotatable bonds is 5. The van der Waals surface area contributed by atoms with Crippen LogP contribution in [-0.4, -0.2) is 13.0 Å². The Balaban J connectivity index is 2.02. The SMILES string of the molecule is C=CS(=O)(=O)c1ccc(Oc2ccc(F)cc2F)c(-c2cn(C)c(=O)c3ccccc23)c1. The smallest absolute Gasteiger partial charge is 0.258 e. The molecule has 1 aromatic heterocycles. The molecule has 0 radical (unpaired) electrons. The first-order chi connectivity index (χ1) is 15.2. The van der Waals surface area contributed by atoms with Crippen molar-refractivity contribution in [3.63, 3.8) is 0 Å². The van der Waals surface area contributed by atoms with Crippen LogP contribution in [0.25, 0.3) is 21.9 Å². The van der Waals surface area contributed by atoms with Crippen molar-refractivity contribution in [2.75, 3.05) is 0 Å². The highest BCUT2D eigenvalue weighted by Crippen LogP contribution is 2.39. The second-order valence-electron chi connectivity index (χ2n) is 7.05. The molecule has 5 nitrogen and oxygen atoms in total. The molecular weight excluding hydrogens is 436 g/mol. The summed E-state index contributed by atoms with van der Waals surface area (Å²) in [6.45, 7) is 3.35. The Morgan fingerprint density at radius 2 is 1.62 bits per heavy atom. The van der Waals surface area contributed by atoms with Gasteiger partial charge >= 0.3 is 0 Å². The summed E-state index contributed by atoms with van der Waals surface area (Å²) in [5.74, 6) is -1.78. The van der Waals surface area contributed by atoms with Crippen LogP contribution in [0.3, 0.4) is 0 Å². The summed E-state index contributed by atoms with van der Waals surface area (Å²) >= 11 is 0. The average Bonchev–Trinajstić information content (AvgIpc) is 2.78. The van der Waals surface area contributed by atoms with Crippen molar-refractivity contribution in [1.82, 2.24) is 4.57 Å². The lowest BCUT2D eigenvalue weighted by atomic mass is 10.00. The van der Waals surface area contributed by atoms with E-state index in [9.17, 15) is 22.0 Å². The third kappa shape index (κ3) is 3.80. The molecule has 4 aromatic rings. The molecule has 3 aromatic carbocycles. The Labute approximate surface area is 182 Å². The summed E-state index contributed by atoms with van der Waals surface area (Å²) in [5, 5.41) is 1.81. The van der Waals surface area contributed by atoms with E-state index in [1.165, 1.54) is 22.8 Å². The van der Waals surface area contributed by atoms with Crippen LogP contribution in [0.2, 0.25) is 0 Å². The molecule has 0 aliphatic heterocycles. The third-order valence-electron chi connectivity index (χ3n) is 4.99. The fraction of sp³-hybridized carbons (Fsp3) is 0.0417. The number of hydrogen-bond donors (Lipinski definition) is 0. The summed E-state index contributed by atoms with van der Waals surface area (Å²) in [6.07, 6.45) is 1.55. The molecule has 0 unspecified atom stereocenters. The number of ether oxygens (including phenoxy) is 1. The highest BCUT2D eigenvalue weighted by molar-refractivity contribution is 7.94. The maximum absolute atomic E-state index is 14.2. The van der Waals surface area contributed by atoms with E-state index in [4.69, 9.17) is 4.74 Å². The van der Waals surface area contributed by atoms with Crippen LogP contribution < -0.4 is 10.3 Å². The highest BCUT2D eigenvalue weighted by atomic mass is 32.2. The third-order valence-corrected chi connectivity index (χ3v) is 6.34. The van der Waals surface area contributed by atoms with Crippen molar-refractivity contribution in [3.8, 4) is 22.6 Å². The van der Waals surface area contributed by atoms with Gasteiger partial charge in [-0.05, 0) is 41.8 Å². The molecule has 0 saturated carbocycles. The maximum Gasteiger partial charge on any atom is 0.258 e. The predicted octanol–water partition coefficient (Wildman–Crippen LogP) is 5.19. The normalized spacial score (nSPS) is 11.5. The van der Waals surface area contributed by atoms with Crippen molar-refractivity contribution in [2.24, 2.45) is 7.05 Å². The quantitative estimate of drug-likeness (QED) is 0.417. The van der Waals surface area contributed by atoms with Crippen molar-refractivity contribution in [1.29, 1.82) is 0 Å². The Bertz CT molecular complexity index is 1540. The van der Waals surface area contributed by atoms with Crippen molar-refractivity contribution < 1.29 is 21.9 Å². The summed E-state index contributed by atoms with van der Waals surface area (Å²) < 4.78 is 59.5. The predicted molar refractivity (Wildman–Crippen MR) is 118 cm³/mol. The fourth-order valence-corrected chi connectivity index (χ4v) is 4.12. The highest BCUT2D eigenvalue weighted by Gasteiger charge is 2.19. The first kappa shape index (κ1) is 21.5. The average molecular weight is 453 g/mol. The second-order valence-corrected chi connectivity index (χ2v) is 8.95. The van der Waals surface area contributed by atoms with Crippen LogP contribution in [0, 0.1) is 11.6 Å². The molecule has 32 heavy (non-hydrogen) atoms. The Morgan fingerprint density at radius 1 is 0.938 bits per heavy atom. The number of fused-ring (bicyclic) bond motifs is 1. The van der Waals surface area contributed by atoms with Crippen LogP contribution in [0.15, 0.2) is 88.5 Å². The lowest BCUT2D eigenvalue weighted by Gasteiger charge is -2.16. The van der Waals surface area contributed by atoms with Gasteiger partial charge in [0.2, 0.25) is 0 Å². The molecule has 0 atom stereocenters. The standard InChI is InChI=1S/C24H17F2NO4S/c1-3-32(29,30)16-9-11-22(31-23-10-8-15(25)12-21(23)26)19(13-16)20-14-27(2)24(28)18-7-5-4-6-17(18)20/h3-14H,1H2,2H3. The van der Waals surface area contributed by atoms with Crippen LogP contribution in [0.4, 0.5) is 8.78 Å².